The minimum Gasteiger partial charge on any atom is -0.493 e. The Morgan fingerprint density at radius 1 is 0.892 bits per heavy atom. The van der Waals surface area contributed by atoms with Crippen molar-refractivity contribution in [3.63, 3.8) is 0 Å². The van der Waals surface area contributed by atoms with Crippen LogP contribution in [0.1, 0.15) is 27.0 Å². The first-order chi connectivity index (χ1) is 17.9. The predicted octanol–water partition coefficient (Wildman–Crippen LogP) is 6.61. The van der Waals surface area contributed by atoms with Gasteiger partial charge in [0.2, 0.25) is 0 Å². The molecule has 1 saturated heterocycles. The zero-order chi connectivity index (χ0) is 25.9. The second kappa shape index (κ2) is 10.3. The van der Waals surface area contributed by atoms with Crippen molar-refractivity contribution in [2.24, 2.45) is 0 Å². The SMILES string of the molecule is COc1cc(/C=C2\SC(=O)N(Cc3ccc4ccccc4c3)C2=O)ccc1OC(=O)c1cccc(C)c1. The summed E-state index contributed by atoms with van der Waals surface area (Å²) in [5.74, 6) is -0.248. The number of ether oxygens (including phenoxy) is 2. The number of hydrogen-bond acceptors (Lipinski definition) is 6. The number of carbonyl (C=O) groups is 3. The van der Waals surface area contributed by atoms with Gasteiger partial charge in [0.15, 0.2) is 11.5 Å². The van der Waals surface area contributed by atoms with Crippen molar-refractivity contribution in [2.75, 3.05) is 7.11 Å². The number of esters is 1. The summed E-state index contributed by atoms with van der Waals surface area (Å²) in [6.45, 7) is 2.10. The zero-order valence-corrected chi connectivity index (χ0v) is 21.1. The summed E-state index contributed by atoms with van der Waals surface area (Å²) in [6.07, 6.45) is 1.64. The van der Waals surface area contributed by atoms with Crippen LogP contribution in [-0.2, 0) is 11.3 Å². The lowest BCUT2D eigenvalue weighted by atomic mass is 10.1. The first-order valence-corrected chi connectivity index (χ1v) is 12.4. The number of carbonyl (C=O) groups excluding carboxylic acids is 3. The van der Waals surface area contributed by atoms with Crippen LogP contribution in [0.4, 0.5) is 4.79 Å². The molecule has 1 fully saturated rings. The average molecular weight is 510 g/mol. The summed E-state index contributed by atoms with van der Waals surface area (Å²) in [4.78, 5) is 39.8. The number of imide groups is 1. The van der Waals surface area contributed by atoms with Crippen LogP contribution >= 0.6 is 11.8 Å². The van der Waals surface area contributed by atoms with E-state index in [1.807, 2.05) is 55.5 Å². The van der Waals surface area contributed by atoms with Gasteiger partial charge in [0.05, 0.1) is 24.1 Å². The molecule has 0 bridgehead atoms. The predicted molar refractivity (Wildman–Crippen MR) is 145 cm³/mol. The van der Waals surface area contributed by atoms with E-state index in [1.54, 1.807) is 42.5 Å². The fourth-order valence-electron chi connectivity index (χ4n) is 4.10. The number of hydrogen-bond donors (Lipinski definition) is 0. The van der Waals surface area contributed by atoms with Crippen molar-refractivity contribution in [3.8, 4) is 11.5 Å². The van der Waals surface area contributed by atoms with Gasteiger partial charge in [-0.3, -0.25) is 14.5 Å². The molecular formula is C30H23NO5S. The van der Waals surface area contributed by atoms with E-state index in [-0.39, 0.29) is 23.4 Å². The highest BCUT2D eigenvalue weighted by atomic mass is 32.2. The summed E-state index contributed by atoms with van der Waals surface area (Å²) >= 11 is 0.899. The first-order valence-electron chi connectivity index (χ1n) is 11.6. The van der Waals surface area contributed by atoms with Crippen molar-refractivity contribution >= 4 is 45.7 Å². The lowest BCUT2D eigenvalue weighted by Gasteiger charge is -2.13. The molecule has 184 valence electrons. The number of benzene rings is 4. The van der Waals surface area contributed by atoms with Crippen LogP contribution in [0.2, 0.25) is 0 Å². The molecule has 37 heavy (non-hydrogen) atoms. The minimum absolute atomic E-state index is 0.198. The van der Waals surface area contributed by atoms with Crippen LogP contribution in [0.15, 0.2) is 89.8 Å². The molecule has 4 aromatic rings. The van der Waals surface area contributed by atoms with Gasteiger partial charge in [0, 0.05) is 0 Å². The van der Waals surface area contributed by atoms with E-state index < -0.39 is 5.97 Å². The Morgan fingerprint density at radius 3 is 2.49 bits per heavy atom. The molecule has 2 amide bonds. The molecule has 1 aliphatic rings. The maximum Gasteiger partial charge on any atom is 0.343 e. The molecule has 5 rings (SSSR count). The molecule has 1 heterocycles. The molecule has 1 aliphatic heterocycles. The van der Waals surface area contributed by atoms with Gasteiger partial charge in [-0.15, -0.1) is 0 Å². The van der Waals surface area contributed by atoms with Gasteiger partial charge in [-0.2, -0.15) is 0 Å². The Labute approximate surface area is 218 Å². The van der Waals surface area contributed by atoms with Gasteiger partial charge in [0.1, 0.15) is 0 Å². The topological polar surface area (TPSA) is 72.9 Å². The summed E-state index contributed by atoms with van der Waals surface area (Å²) < 4.78 is 11.0. The Hall–Kier alpha value is -4.36. The fourth-order valence-corrected chi connectivity index (χ4v) is 4.93. The molecule has 0 aromatic heterocycles. The van der Waals surface area contributed by atoms with Gasteiger partial charge in [-0.05, 0) is 77.0 Å². The Bertz CT molecular complexity index is 1580. The largest absolute Gasteiger partial charge is 0.493 e. The van der Waals surface area contributed by atoms with Crippen LogP contribution in [-0.4, -0.2) is 29.1 Å². The maximum absolute atomic E-state index is 13.1. The minimum atomic E-state index is -0.496. The smallest absolute Gasteiger partial charge is 0.343 e. The quantitative estimate of drug-likeness (QED) is 0.165. The van der Waals surface area contributed by atoms with Crippen molar-refractivity contribution in [1.29, 1.82) is 0 Å². The molecule has 0 N–H and O–H groups in total. The van der Waals surface area contributed by atoms with Gasteiger partial charge in [0.25, 0.3) is 11.1 Å². The van der Waals surface area contributed by atoms with E-state index >= 15 is 0 Å². The standard InChI is InChI=1S/C30H23NO5S/c1-19-6-5-9-24(14-19)29(33)36-25-13-11-20(16-26(25)35-2)17-27-28(32)31(30(34)37-27)18-21-10-12-22-7-3-4-8-23(22)15-21/h3-17H,18H2,1-2H3/b27-17-. The van der Waals surface area contributed by atoms with E-state index in [0.717, 1.165) is 33.7 Å². The number of nitrogens with zero attached hydrogens (tertiary/aromatic N) is 1. The van der Waals surface area contributed by atoms with Crippen LogP contribution < -0.4 is 9.47 Å². The summed E-state index contributed by atoms with van der Waals surface area (Å²) in [5.41, 5.74) is 2.91. The second-order valence-corrected chi connectivity index (χ2v) is 9.61. The Balaban J connectivity index is 1.33. The fraction of sp³-hybridized carbons (Fsp3) is 0.100. The van der Waals surface area contributed by atoms with Gasteiger partial charge >= 0.3 is 5.97 Å². The molecule has 0 unspecified atom stereocenters. The van der Waals surface area contributed by atoms with Crippen molar-refractivity contribution in [3.05, 3.63) is 112 Å². The number of rotatable bonds is 6. The van der Waals surface area contributed by atoms with E-state index in [2.05, 4.69) is 0 Å². The normalized spacial score (nSPS) is 14.4. The van der Waals surface area contributed by atoms with E-state index in [4.69, 9.17) is 9.47 Å². The Morgan fingerprint density at radius 2 is 1.70 bits per heavy atom. The highest BCUT2D eigenvalue weighted by molar-refractivity contribution is 8.18. The molecule has 4 aromatic carbocycles. The molecule has 0 radical (unpaired) electrons. The Kier molecular flexibility index (Phi) is 6.79. The number of amides is 2. The van der Waals surface area contributed by atoms with E-state index in [9.17, 15) is 14.4 Å². The highest BCUT2D eigenvalue weighted by Gasteiger charge is 2.35. The highest BCUT2D eigenvalue weighted by Crippen LogP contribution is 2.35. The van der Waals surface area contributed by atoms with Crippen molar-refractivity contribution in [1.82, 2.24) is 4.90 Å². The lowest BCUT2D eigenvalue weighted by molar-refractivity contribution is -0.123. The number of aryl methyl sites for hydroxylation is 1. The van der Waals surface area contributed by atoms with E-state index in [0.29, 0.717) is 21.8 Å². The van der Waals surface area contributed by atoms with Gasteiger partial charge in [-0.25, -0.2) is 4.79 Å². The van der Waals surface area contributed by atoms with Crippen molar-refractivity contribution in [2.45, 2.75) is 13.5 Å². The molecule has 0 saturated carbocycles. The molecule has 7 heteroatoms. The number of methoxy groups -OCH3 is 1. The molecule has 6 nitrogen and oxygen atoms in total. The second-order valence-electron chi connectivity index (χ2n) is 8.62. The van der Waals surface area contributed by atoms with Crippen LogP contribution in [0.25, 0.3) is 16.8 Å². The zero-order valence-electron chi connectivity index (χ0n) is 20.3. The molecular weight excluding hydrogens is 486 g/mol. The van der Waals surface area contributed by atoms with Gasteiger partial charge in [-0.1, -0.05) is 60.2 Å². The van der Waals surface area contributed by atoms with E-state index in [1.165, 1.54) is 12.0 Å². The van der Waals surface area contributed by atoms with Crippen molar-refractivity contribution < 1.29 is 23.9 Å². The molecule has 0 aliphatic carbocycles. The number of fused-ring (bicyclic) bond motifs is 1. The molecule has 0 spiro atoms. The summed E-state index contributed by atoms with van der Waals surface area (Å²) in [7, 11) is 1.47. The van der Waals surface area contributed by atoms with Crippen LogP contribution in [0.3, 0.4) is 0 Å². The first kappa shape index (κ1) is 24.3. The molecule has 0 atom stereocenters. The summed E-state index contributed by atoms with van der Waals surface area (Å²) in [5, 5.41) is 1.83. The monoisotopic (exact) mass is 509 g/mol. The van der Waals surface area contributed by atoms with Gasteiger partial charge < -0.3 is 9.47 Å². The summed E-state index contributed by atoms with van der Waals surface area (Å²) in [6, 6.07) is 26.0. The maximum atomic E-state index is 13.1. The lowest BCUT2D eigenvalue weighted by Crippen LogP contribution is -2.27. The number of thioether (sulfide) groups is 1. The third kappa shape index (κ3) is 5.27. The van der Waals surface area contributed by atoms with Crippen LogP contribution in [0, 0.1) is 6.92 Å². The third-order valence-electron chi connectivity index (χ3n) is 5.97. The third-order valence-corrected chi connectivity index (χ3v) is 6.88. The van der Waals surface area contributed by atoms with Crippen LogP contribution in [0.5, 0.6) is 11.5 Å². The average Bonchev–Trinajstić information content (AvgIpc) is 3.16.